The predicted molar refractivity (Wildman–Crippen MR) is 122 cm³/mol. The molecule has 7 heteroatoms. The lowest BCUT2D eigenvalue weighted by molar-refractivity contribution is 0.0865. The van der Waals surface area contributed by atoms with Gasteiger partial charge in [-0.1, -0.05) is 61.5 Å². The highest BCUT2D eigenvalue weighted by atomic mass is 32.2. The maximum atomic E-state index is 9.67. The van der Waals surface area contributed by atoms with Crippen LogP contribution in [0.15, 0.2) is 54.6 Å². The minimum atomic E-state index is -3.67. The van der Waals surface area contributed by atoms with Crippen molar-refractivity contribution < 1.29 is 23.2 Å². The van der Waals surface area contributed by atoms with Crippen LogP contribution in [0, 0.1) is 0 Å². The molecule has 6 nitrogen and oxygen atoms in total. The van der Waals surface area contributed by atoms with Gasteiger partial charge in [0.2, 0.25) is 0 Å². The van der Waals surface area contributed by atoms with Gasteiger partial charge in [0.1, 0.15) is 0 Å². The van der Waals surface area contributed by atoms with Crippen LogP contribution in [0.1, 0.15) is 18.9 Å². The Bertz CT molecular complexity index is 1220. The van der Waals surface area contributed by atoms with Crippen LogP contribution in [0.2, 0.25) is 0 Å². The number of aliphatic hydroxyl groups excluding tert-OH is 2. The molecule has 0 fully saturated rings. The lowest BCUT2D eigenvalue weighted by Crippen LogP contribution is -2.50. The average molecular weight is 430 g/mol. The number of aliphatic hydroxyl groups is 2. The van der Waals surface area contributed by atoms with Crippen molar-refractivity contribution in [3.8, 4) is 0 Å². The molecule has 0 aliphatic carbocycles. The van der Waals surface area contributed by atoms with Crippen LogP contribution in [0.5, 0.6) is 0 Å². The van der Waals surface area contributed by atoms with Crippen molar-refractivity contribution in [3.63, 3.8) is 0 Å². The summed E-state index contributed by atoms with van der Waals surface area (Å²) in [5, 5.41) is 30.3. The van der Waals surface area contributed by atoms with Gasteiger partial charge in [-0.05, 0) is 44.3 Å². The zero-order chi connectivity index (χ0) is 21.9. The summed E-state index contributed by atoms with van der Waals surface area (Å²) in [5.74, 6) is 0. The first-order valence-corrected chi connectivity index (χ1v) is 11.6. The van der Waals surface area contributed by atoms with Gasteiger partial charge in [0.25, 0.3) is 10.1 Å². The summed E-state index contributed by atoms with van der Waals surface area (Å²) >= 11 is 0. The smallest absolute Gasteiger partial charge is 0.261 e. The molecule has 0 aliphatic rings. The highest BCUT2D eigenvalue weighted by Gasteiger charge is 2.25. The third kappa shape index (κ3) is 4.71. The molecule has 0 aromatic heterocycles. The molecule has 4 aromatic carbocycles. The molecule has 0 atom stereocenters. The van der Waals surface area contributed by atoms with Crippen LogP contribution in [0.25, 0.3) is 32.3 Å². The van der Waals surface area contributed by atoms with Crippen molar-refractivity contribution in [2.75, 3.05) is 19.5 Å². The van der Waals surface area contributed by atoms with E-state index in [2.05, 4.69) is 59.9 Å². The fraction of sp³-hybridized carbons (Fsp3) is 0.304. The van der Waals surface area contributed by atoms with Crippen LogP contribution in [-0.2, 0) is 16.7 Å². The van der Waals surface area contributed by atoms with E-state index < -0.39 is 15.7 Å². The second-order valence-electron chi connectivity index (χ2n) is 7.62. The zero-order valence-corrected chi connectivity index (χ0v) is 17.9. The molecule has 0 unspecified atom stereocenters. The van der Waals surface area contributed by atoms with Crippen LogP contribution >= 0.6 is 0 Å². The van der Waals surface area contributed by atoms with E-state index in [-0.39, 0.29) is 13.2 Å². The van der Waals surface area contributed by atoms with Crippen molar-refractivity contribution in [3.05, 3.63) is 60.2 Å². The van der Waals surface area contributed by atoms with Crippen LogP contribution < -0.4 is 5.32 Å². The Morgan fingerprint density at radius 3 is 1.90 bits per heavy atom. The van der Waals surface area contributed by atoms with Gasteiger partial charge < -0.3 is 15.5 Å². The number of benzene rings is 4. The molecule has 0 spiro atoms. The van der Waals surface area contributed by atoms with E-state index in [1.807, 2.05) is 6.92 Å². The molecule has 0 bridgehead atoms. The highest BCUT2D eigenvalue weighted by molar-refractivity contribution is 7.85. The molecule has 0 radical (unpaired) electrons. The summed E-state index contributed by atoms with van der Waals surface area (Å²) in [4.78, 5) is 0. The van der Waals surface area contributed by atoms with E-state index in [4.69, 9.17) is 4.55 Å². The maximum absolute atomic E-state index is 9.67. The summed E-state index contributed by atoms with van der Waals surface area (Å²) in [6, 6.07) is 19.5. The molecule has 4 N–H and O–H groups in total. The topological polar surface area (TPSA) is 107 Å². The van der Waals surface area contributed by atoms with Crippen molar-refractivity contribution in [1.29, 1.82) is 0 Å². The SMILES string of the molecule is CCC(CO)(CO)NCc1ccc2ccc3cccc4ccc1c2c34.CS(=O)(=O)O. The number of nitrogens with one attached hydrogen (secondary N) is 1. The quantitative estimate of drug-likeness (QED) is 0.277. The molecule has 160 valence electrons. The Balaban J connectivity index is 0.000000461. The van der Waals surface area contributed by atoms with Crippen LogP contribution in [-0.4, -0.2) is 48.2 Å². The molecular weight excluding hydrogens is 402 g/mol. The standard InChI is InChI=1S/C22H23NO2.CH4O3S/c1-2-22(13-24,14-25)23-12-18-9-8-17-7-6-15-4-3-5-16-10-11-19(18)21(17)20(15)16;1-5(2,3)4/h3-11,23-25H,2,12-14H2,1H3;1H3,(H,2,3,4). The fourth-order valence-electron chi connectivity index (χ4n) is 3.74. The second kappa shape index (κ2) is 8.83. The Hall–Kier alpha value is -2.29. The molecule has 0 amide bonds. The molecule has 30 heavy (non-hydrogen) atoms. The molecule has 4 rings (SSSR count). The monoisotopic (exact) mass is 429 g/mol. The third-order valence-corrected chi connectivity index (χ3v) is 5.55. The summed E-state index contributed by atoms with van der Waals surface area (Å²) < 4.78 is 25.9. The van der Waals surface area contributed by atoms with E-state index in [1.54, 1.807) is 0 Å². The van der Waals surface area contributed by atoms with E-state index in [1.165, 1.54) is 37.9 Å². The number of hydrogen-bond acceptors (Lipinski definition) is 5. The minimum absolute atomic E-state index is 0.0775. The predicted octanol–water partition coefficient (Wildman–Crippen LogP) is 3.31. The molecule has 0 saturated carbocycles. The van der Waals surface area contributed by atoms with Gasteiger partial charge in [0.05, 0.1) is 25.0 Å². The van der Waals surface area contributed by atoms with Crippen molar-refractivity contribution in [2.45, 2.75) is 25.4 Å². The summed E-state index contributed by atoms with van der Waals surface area (Å²) in [6.07, 6.45) is 1.39. The van der Waals surface area contributed by atoms with Gasteiger partial charge in [-0.15, -0.1) is 0 Å². The summed E-state index contributed by atoms with van der Waals surface area (Å²) in [6.45, 7) is 2.43. The zero-order valence-electron chi connectivity index (χ0n) is 17.1. The van der Waals surface area contributed by atoms with Gasteiger partial charge in [-0.3, -0.25) is 4.55 Å². The second-order valence-corrected chi connectivity index (χ2v) is 9.08. The Morgan fingerprint density at radius 2 is 1.37 bits per heavy atom. The van der Waals surface area contributed by atoms with Crippen molar-refractivity contribution in [1.82, 2.24) is 5.32 Å². The maximum Gasteiger partial charge on any atom is 0.261 e. The first-order chi connectivity index (χ1) is 14.2. The van der Waals surface area contributed by atoms with Gasteiger partial charge in [0, 0.05) is 6.54 Å². The fourth-order valence-corrected chi connectivity index (χ4v) is 3.74. The minimum Gasteiger partial charge on any atom is -0.394 e. The molecule has 0 saturated heterocycles. The molecule has 4 aromatic rings. The van der Waals surface area contributed by atoms with Gasteiger partial charge >= 0.3 is 0 Å². The lowest BCUT2D eigenvalue weighted by Gasteiger charge is -2.30. The molecular formula is C23H27NO5S. The molecule has 0 heterocycles. The Kier molecular flexibility index (Phi) is 6.59. The normalized spacial score (nSPS) is 12.4. The third-order valence-electron chi connectivity index (χ3n) is 5.55. The number of rotatable bonds is 6. The Morgan fingerprint density at radius 1 is 0.867 bits per heavy atom. The average Bonchev–Trinajstić information content (AvgIpc) is 2.73. The first kappa shape index (κ1) is 22.4. The largest absolute Gasteiger partial charge is 0.394 e. The van der Waals surface area contributed by atoms with Gasteiger partial charge in [-0.2, -0.15) is 8.42 Å². The van der Waals surface area contributed by atoms with Crippen LogP contribution in [0.3, 0.4) is 0 Å². The summed E-state index contributed by atoms with van der Waals surface area (Å²) in [7, 11) is -3.67. The van der Waals surface area contributed by atoms with E-state index >= 15 is 0 Å². The van der Waals surface area contributed by atoms with Crippen molar-refractivity contribution >= 4 is 42.4 Å². The van der Waals surface area contributed by atoms with Crippen molar-refractivity contribution in [2.24, 2.45) is 0 Å². The van der Waals surface area contributed by atoms with E-state index in [9.17, 15) is 18.6 Å². The first-order valence-electron chi connectivity index (χ1n) is 9.76. The molecule has 0 aliphatic heterocycles. The van der Waals surface area contributed by atoms with Crippen LogP contribution in [0.4, 0.5) is 0 Å². The Labute approximate surface area is 176 Å². The van der Waals surface area contributed by atoms with E-state index in [0.29, 0.717) is 19.2 Å². The van der Waals surface area contributed by atoms with Gasteiger partial charge in [-0.25, -0.2) is 0 Å². The summed E-state index contributed by atoms with van der Waals surface area (Å²) in [5.41, 5.74) is 0.551. The lowest BCUT2D eigenvalue weighted by atomic mass is 9.91. The van der Waals surface area contributed by atoms with Gasteiger partial charge in [0.15, 0.2) is 0 Å². The number of hydrogen-bond donors (Lipinski definition) is 4. The highest BCUT2D eigenvalue weighted by Crippen LogP contribution is 2.35. The van der Waals surface area contributed by atoms with E-state index in [0.717, 1.165) is 0 Å².